The van der Waals surface area contributed by atoms with Gasteiger partial charge in [-0.2, -0.15) is 0 Å². The molecule has 2 aromatic rings. The summed E-state index contributed by atoms with van der Waals surface area (Å²) in [6.45, 7) is 14.5. The number of alkyl carbamates (subject to hydrolysis) is 1. The minimum absolute atomic E-state index is 0.0942. The van der Waals surface area contributed by atoms with Crippen LogP contribution in [0.5, 0.6) is 0 Å². The van der Waals surface area contributed by atoms with Crippen LogP contribution >= 0.6 is 7.37 Å². The summed E-state index contributed by atoms with van der Waals surface area (Å²) in [5, 5.41) is 8.40. The Hall–Kier alpha value is -3.24. The Morgan fingerprint density at radius 1 is 0.739 bits per heavy atom. The van der Waals surface area contributed by atoms with Crippen molar-refractivity contribution in [2.45, 2.75) is 97.7 Å². The number of hydrogen-bond donors (Lipinski definition) is 3. The lowest BCUT2D eigenvalue weighted by molar-refractivity contribution is -0.131. The zero-order chi connectivity index (χ0) is 34.3. The first-order valence-electron chi connectivity index (χ1n) is 15.9. The number of carbonyl (C=O) groups excluding carboxylic acids is 3. The van der Waals surface area contributed by atoms with Crippen LogP contribution in [-0.4, -0.2) is 67.2 Å². The number of nitrogens with one attached hydrogen (secondary N) is 3. The predicted octanol–water partition coefficient (Wildman–Crippen LogP) is 5.62. The maximum Gasteiger partial charge on any atom is 0.408 e. The van der Waals surface area contributed by atoms with Crippen LogP contribution in [0.3, 0.4) is 0 Å². The smallest absolute Gasteiger partial charge is 0.408 e. The molecule has 3 N–H and O–H groups in total. The Morgan fingerprint density at radius 3 is 1.72 bits per heavy atom. The summed E-state index contributed by atoms with van der Waals surface area (Å²) < 4.78 is 37.4. The molecule has 2 rings (SSSR count). The van der Waals surface area contributed by atoms with Gasteiger partial charge in [0.2, 0.25) is 17.8 Å². The largest absolute Gasteiger partial charge is 0.444 e. The molecule has 256 valence electrons. The van der Waals surface area contributed by atoms with Crippen molar-refractivity contribution < 1.29 is 37.7 Å². The van der Waals surface area contributed by atoms with E-state index in [-0.39, 0.29) is 38.6 Å². The Kier molecular flexibility index (Phi) is 15.9. The van der Waals surface area contributed by atoms with Gasteiger partial charge in [-0.3, -0.25) is 14.2 Å². The maximum atomic E-state index is 14.7. The van der Waals surface area contributed by atoms with E-state index >= 15 is 0 Å². The molecule has 0 aromatic heterocycles. The van der Waals surface area contributed by atoms with E-state index in [0.717, 1.165) is 11.1 Å². The molecule has 0 heterocycles. The molecule has 0 radical (unpaired) electrons. The van der Waals surface area contributed by atoms with Crippen LogP contribution in [0.2, 0.25) is 0 Å². The van der Waals surface area contributed by atoms with E-state index < -0.39 is 54.8 Å². The average Bonchev–Trinajstić information content (AvgIpc) is 2.99. The number of ether oxygens (including phenoxy) is 3. The Labute approximate surface area is 273 Å². The topological polar surface area (TPSA) is 141 Å². The summed E-state index contributed by atoms with van der Waals surface area (Å²) in [6, 6.07) is 15.2. The van der Waals surface area contributed by atoms with E-state index in [1.807, 2.05) is 60.7 Å². The predicted molar refractivity (Wildman–Crippen MR) is 178 cm³/mol. The third kappa shape index (κ3) is 12.5. The molecule has 0 saturated heterocycles. The van der Waals surface area contributed by atoms with Gasteiger partial charge < -0.3 is 34.7 Å². The zero-order valence-corrected chi connectivity index (χ0v) is 29.3. The Balaban J connectivity index is 2.42. The fraction of sp³-hybridized carbons (Fsp3) is 0.559. The molecule has 0 bridgehead atoms. The summed E-state index contributed by atoms with van der Waals surface area (Å²) in [5.74, 6) is -2.55. The van der Waals surface area contributed by atoms with Crippen molar-refractivity contribution in [3.8, 4) is 0 Å². The zero-order valence-electron chi connectivity index (χ0n) is 28.4. The van der Waals surface area contributed by atoms with E-state index in [9.17, 15) is 18.9 Å². The van der Waals surface area contributed by atoms with Crippen molar-refractivity contribution in [3.63, 3.8) is 0 Å². The molecule has 4 atom stereocenters. The minimum Gasteiger partial charge on any atom is -0.444 e. The second-order valence-electron chi connectivity index (χ2n) is 12.1. The highest BCUT2D eigenvalue weighted by molar-refractivity contribution is 7.60. The number of amides is 3. The van der Waals surface area contributed by atoms with E-state index in [1.165, 1.54) is 0 Å². The lowest BCUT2D eigenvalue weighted by Gasteiger charge is -2.34. The molecule has 3 amide bonds. The molecule has 0 aliphatic rings. The number of hydrogen-bond acceptors (Lipinski definition) is 8. The Morgan fingerprint density at radius 2 is 1.26 bits per heavy atom. The van der Waals surface area contributed by atoms with Gasteiger partial charge in [0, 0.05) is 26.1 Å². The fourth-order valence-electron chi connectivity index (χ4n) is 4.70. The van der Waals surface area contributed by atoms with E-state index in [1.54, 1.807) is 55.4 Å². The lowest BCUT2D eigenvalue weighted by Crippen LogP contribution is -2.57. The van der Waals surface area contributed by atoms with Gasteiger partial charge in [0.05, 0.1) is 6.61 Å². The second-order valence-corrected chi connectivity index (χ2v) is 14.7. The van der Waals surface area contributed by atoms with Crippen LogP contribution in [0.25, 0.3) is 0 Å². The molecule has 0 spiro atoms. The van der Waals surface area contributed by atoms with Gasteiger partial charge in [0.25, 0.3) is 7.37 Å². The summed E-state index contributed by atoms with van der Waals surface area (Å²) in [4.78, 5) is 40.5. The van der Waals surface area contributed by atoms with Gasteiger partial charge >= 0.3 is 6.09 Å². The Bertz CT molecular complexity index is 1260. The van der Waals surface area contributed by atoms with Gasteiger partial charge in [-0.25, -0.2) is 4.79 Å². The third-order valence-electron chi connectivity index (χ3n) is 6.80. The first-order chi connectivity index (χ1) is 21.7. The SMILES string of the molecule is CCOC(OCC)P(=O)(OCC)[C@H](Cc1ccccc1)NC(=O)[C@@H](NC(=O)[C@H](Cc1ccccc1)NC(=O)OC(C)(C)C)C(C)C. The van der Waals surface area contributed by atoms with Crippen LogP contribution < -0.4 is 16.0 Å². The highest BCUT2D eigenvalue weighted by Gasteiger charge is 2.45. The van der Waals surface area contributed by atoms with Crippen LogP contribution in [0.15, 0.2) is 60.7 Å². The van der Waals surface area contributed by atoms with Crippen molar-refractivity contribution in [2.24, 2.45) is 5.92 Å². The minimum atomic E-state index is -3.86. The summed E-state index contributed by atoms with van der Waals surface area (Å²) in [7, 11) is -3.86. The molecule has 1 unspecified atom stereocenters. The second kappa shape index (κ2) is 18.8. The number of benzene rings is 2. The van der Waals surface area contributed by atoms with Gasteiger partial charge in [-0.1, -0.05) is 74.5 Å². The van der Waals surface area contributed by atoms with E-state index in [2.05, 4.69) is 16.0 Å². The lowest BCUT2D eigenvalue weighted by atomic mass is 10.0. The molecular formula is C34H52N3O8P. The summed E-state index contributed by atoms with van der Waals surface area (Å²) in [6.07, 6.45) is -0.428. The standard InChI is InChI=1S/C34H52N3O8P/c1-9-42-33(43-10-2)46(41,44-11-3)28(23-26-20-16-13-17-21-26)36-31(39)29(24(4)5)37-30(38)27(22-25-18-14-12-15-19-25)35-32(40)45-34(6,7)8/h12-21,24,27-29,33H,9-11,22-23H2,1-8H3,(H,35,40)(H,36,39)(H,37,38)/t27-,28+,29-,46?/m0/s1. The summed E-state index contributed by atoms with van der Waals surface area (Å²) >= 11 is 0. The van der Waals surface area contributed by atoms with E-state index in [4.69, 9.17) is 18.7 Å². The molecule has 0 aliphatic carbocycles. The summed E-state index contributed by atoms with van der Waals surface area (Å²) in [5.41, 5.74) is 0.846. The van der Waals surface area contributed by atoms with Crippen molar-refractivity contribution in [1.29, 1.82) is 0 Å². The van der Waals surface area contributed by atoms with Gasteiger partial charge in [0.15, 0.2) is 0 Å². The monoisotopic (exact) mass is 661 g/mol. The van der Waals surface area contributed by atoms with Crippen LogP contribution in [0, 0.1) is 5.92 Å². The third-order valence-corrected chi connectivity index (χ3v) is 9.52. The van der Waals surface area contributed by atoms with Crippen LogP contribution in [0.4, 0.5) is 4.79 Å². The number of rotatable bonds is 18. The molecule has 0 fully saturated rings. The fourth-order valence-corrected chi connectivity index (χ4v) is 7.18. The average molecular weight is 662 g/mol. The molecule has 12 heteroatoms. The first-order valence-corrected chi connectivity index (χ1v) is 17.7. The van der Waals surface area contributed by atoms with Gasteiger partial charge in [-0.15, -0.1) is 0 Å². The molecule has 0 aliphatic heterocycles. The molecule has 11 nitrogen and oxygen atoms in total. The molecule has 2 aromatic carbocycles. The molecule has 46 heavy (non-hydrogen) atoms. The highest BCUT2D eigenvalue weighted by Crippen LogP contribution is 2.57. The van der Waals surface area contributed by atoms with Gasteiger partial charge in [-0.05, 0) is 58.6 Å². The maximum absolute atomic E-state index is 14.7. The molecular weight excluding hydrogens is 609 g/mol. The van der Waals surface area contributed by atoms with Crippen LogP contribution in [-0.2, 0) is 45.7 Å². The van der Waals surface area contributed by atoms with Crippen molar-refractivity contribution >= 4 is 25.3 Å². The van der Waals surface area contributed by atoms with E-state index in [0.29, 0.717) is 0 Å². The van der Waals surface area contributed by atoms with Gasteiger partial charge in [0.1, 0.15) is 23.5 Å². The van der Waals surface area contributed by atoms with Crippen molar-refractivity contribution in [2.75, 3.05) is 19.8 Å². The normalized spacial score (nSPS) is 15.0. The first kappa shape index (κ1) is 38.9. The van der Waals surface area contributed by atoms with Crippen molar-refractivity contribution in [1.82, 2.24) is 16.0 Å². The quantitative estimate of drug-likeness (QED) is 0.138. The van der Waals surface area contributed by atoms with Crippen LogP contribution in [0.1, 0.15) is 66.5 Å². The molecule has 0 saturated carbocycles. The van der Waals surface area contributed by atoms with Crippen molar-refractivity contribution in [3.05, 3.63) is 71.8 Å². The number of carbonyl (C=O) groups is 3. The highest BCUT2D eigenvalue weighted by atomic mass is 31.2.